The van der Waals surface area contributed by atoms with E-state index in [0.29, 0.717) is 17.1 Å². The van der Waals surface area contributed by atoms with Crippen molar-refractivity contribution in [1.82, 2.24) is 0 Å². The van der Waals surface area contributed by atoms with Gasteiger partial charge in [0.05, 0.1) is 21.2 Å². The average molecular weight is 592 g/mol. The van der Waals surface area contributed by atoms with Crippen molar-refractivity contribution < 1.29 is 21.6 Å². The highest BCUT2D eigenvalue weighted by Gasteiger charge is 2.27. The Labute approximate surface area is 242 Å². The first-order valence-corrected chi connectivity index (χ1v) is 16.0. The second-order valence-corrected chi connectivity index (χ2v) is 13.6. The van der Waals surface area contributed by atoms with Crippen LogP contribution in [0.3, 0.4) is 0 Å². The fourth-order valence-electron chi connectivity index (χ4n) is 4.28. The molecule has 4 rings (SSSR count). The summed E-state index contributed by atoms with van der Waals surface area (Å²) in [5.74, 6) is -0.323. The number of hydrogen-bond acceptors (Lipinski definition) is 5. The maximum absolute atomic E-state index is 13.6. The molecular weight excluding hydrogens is 558 g/mol. The Morgan fingerprint density at radius 3 is 1.88 bits per heavy atom. The number of aryl methyl sites for hydroxylation is 2. The summed E-state index contributed by atoms with van der Waals surface area (Å²) in [4.78, 5) is 13.2. The molecule has 0 saturated carbocycles. The first kappa shape index (κ1) is 29.8. The Morgan fingerprint density at radius 2 is 1.32 bits per heavy atom. The number of amides is 1. The van der Waals surface area contributed by atoms with E-state index < -0.39 is 32.5 Å². The van der Waals surface area contributed by atoms with Gasteiger partial charge in [-0.15, -0.1) is 0 Å². The molecule has 0 atom stereocenters. The van der Waals surface area contributed by atoms with Gasteiger partial charge in [0.25, 0.3) is 20.0 Å². The third-order valence-corrected chi connectivity index (χ3v) is 9.79. The van der Waals surface area contributed by atoms with Crippen LogP contribution in [0.4, 0.5) is 17.1 Å². The molecule has 0 fully saturated rings. The summed E-state index contributed by atoms with van der Waals surface area (Å²) in [7, 11) is -7.92. The molecule has 0 aromatic heterocycles. The van der Waals surface area contributed by atoms with Crippen LogP contribution < -0.4 is 14.3 Å². The Balaban J connectivity index is 1.54. The molecule has 214 valence electrons. The molecule has 2 N–H and O–H groups in total. The molecule has 0 unspecified atom stereocenters. The number of anilines is 3. The van der Waals surface area contributed by atoms with Gasteiger partial charge >= 0.3 is 0 Å². The lowest BCUT2D eigenvalue weighted by atomic mass is 10.0. The molecular formula is C31H33N3O5S2. The molecule has 1 amide bonds. The number of carbonyl (C=O) groups is 1. The van der Waals surface area contributed by atoms with E-state index in [1.807, 2.05) is 58.0 Å². The van der Waals surface area contributed by atoms with E-state index in [9.17, 15) is 21.6 Å². The lowest BCUT2D eigenvalue weighted by molar-refractivity contribution is -0.114. The van der Waals surface area contributed by atoms with Crippen LogP contribution in [0.25, 0.3) is 0 Å². The summed E-state index contributed by atoms with van der Waals surface area (Å²) in [5, 5.41) is 2.68. The Bertz CT molecular complexity index is 1720. The molecule has 0 aliphatic rings. The molecule has 41 heavy (non-hydrogen) atoms. The predicted molar refractivity (Wildman–Crippen MR) is 163 cm³/mol. The summed E-state index contributed by atoms with van der Waals surface area (Å²) in [6.07, 6.45) is 0. The molecule has 0 heterocycles. The average Bonchev–Trinajstić information content (AvgIpc) is 2.94. The van der Waals surface area contributed by atoms with Crippen LogP contribution in [0.1, 0.15) is 36.5 Å². The van der Waals surface area contributed by atoms with E-state index >= 15 is 0 Å². The molecule has 8 nitrogen and oxygen atoms in total. The second kappa shape index (κ2) is 12.2. The maximum Gasteiger partial charge on any atom is 0.264 e. The van der Waals surface area contributed by atoms with Crippen LogP contribution in [0, 0.1) is 13.8 Å². The fraction of sp³-hybridized carbons (Fsp3) is 0.194. The zero-order valence-corrected chi connectivity index (χ0v) is 25.0. The molecule has 0 saturated heterocycles. The van der Waals surface area contributed by atoms with Crippen molar-refractivity contribution in [3.8, 4) is 0 Å². The van der Waals surface area contributed by atoms with E-state index in [4.69, 9.17) is 0 Å². The molecule has 0 aliphatic heterocycles. The van der Waals surface area contributed by atoms with Crippen LogP contribution in [0.5, 0.6) is 0 Å². The van der Waals surface area contributed by atoms with Crippen molar-refractivity contribution in [1.29, 1.82) is 0 Å². The quantitative estimate of drug-likeness (QED) is 0.233. The van der Waals surface area contributed by atoms with Crippen molar-refractivity contribution in [3.05, 3.63) is 114 Å². The lowest BCUT2D eigenvalue weighted by Crippen LogP contribution is -2.38. The number of carbonyl (C=O) groups excluding carboxylic acids is 1. The van der Waals surface area contributed by atoms with Gasteiger partial charge in [0.1, 0.15) is 6.54 Å². The van der Waals surface area contributed by atoms with Gasteiger partial charge in [-0.3, -0.25) is 13.8 Å². The third-order valence-electron chi connectivity index (χ3n) is 6.63. The molecule has 0 radical (unpaired) electrons. The summed E-state index contributed by atoms with van der Waals surface area (Å²) in [6.45, 7) is 7.24. The first-order valence-electron chi connectivity index (χ1n) is 13.0. The number of hydrogen-bond donors (Lipinski definition) is 2. The number of para-hydroxylation sites is 1. The van der Waals surface area contributed by atoms with Gasteiger partial charge in [0.2, 0.25) is 5.91 Å². The summed E-state index contributed by atoms with van der Waals surface area (Å²) in [5.41, 5.74) is 3.83. The van der Waals surface area contributed by atoms with E-state index in [2.05, 4.69) is 10.0 Å². The van der Waals surface area contributed by atoms with Gasteiger partial charge in [-0.2, -0.15) is 0 Å². The number of nitrogens with zero attached hydrogens (tertiary/aromatic N) is 1. The largest absolute Gasteiger partial charge is 0.325 e. The zero-order valence-electron chi connectivity index (χ0n) is 23.3. The van der Waals surface area contributed by atoms with Crippen molar-refractivity contribution in [2.24, 2.45) is 0 Å². The molecule has 0 spiro atoms. The lowest BCUT2D eigenvalue weighted by Gasteiger charge is -2.24. The molecule has 0 bridgehead atoms. The van der Waals surface area contributed by atoms with E-state index in [0.717, 1.165) is 21.0 Å². The molecule has 4 aromatic carbocycles. The van der Waals surface area contributed by atoms with Gasteiger partial charge < -0.3 is 5.32 Å². The zero-order chi connectivity index (χ0) is 29.8. The minimum atomic E-state index is -4.05. The number of sulfonamides is 2. The number of benzene rings is 4. The fourth-order valence-corrected chi connectivity index (χ4v) is 6.92. The monoisotopic (exact) mass is 591 g/mol. The summed E-state index contributed by atoms with van der Waals surface area (Å²) >= 11 is 0. The van der Waals surface area contributed by atoms with Crippen LogP contribution in [0.2, 0.25) is 0 Å². The Hall–Kier alpha value is -4.15. The summed E-state index contributed by atoms with van der Waals surface area (Å²) in [6, 6.07) is 26.2. The first-order chi connectivity index (χ1) is 19.4. The normalized spacial score (nSPS) is 11.7. The highest BCUT2D eigenvalue weighted by atomic mass is 32.2. The highest BCUT2D eigenvalue weighted by Crippen LogP contribution is 2.27. The van der Waals surface area contributed by atoms with Gasteiger partial charge in [0.15, 0.2) is 0 Å². The van der Waals surface area contributed by atoms with E-state index in [1.54, 1.807) is 30.3 Å². The van der Waals surface area contributed by atoms with Crippen LogP contribution in [0.15, 0.2) is 107 Å². The van der Waals surface area contributed by atoms with Crippen molar-refractivity contribution in [3.63, 3.8) is 0 Å². The Morgan fingerprint density at radius 1 is 0.732 bits per heavy atom. The molecule has 0 aliphatic carbocycles. The summed E-state index contributed by atoms with van der Waals surface area (Å²) < 4.78 is 56.8. The van der Waals surface area contributed by atoms with E-state index in [-0.39, 0.29) is 15.7 Å². The van der Waals surface area contributed by atoms with Crippen LogP contribution >= 0.6 is 0 Å². The Kier molecular flexibility index (Phi) is 8.84. The highest BCUT2D eigenvalue weighted by molar-refractivity contribution is 7.93. The van der Waals surface area contributed by atoms with Crippen LogP contribution in [-0.4, -0.2) is 29.3 Å². The van der Waals surface area contributed by atoms with Gasteiger partial charge in [-0.1, -0.05) is 62.4 Å². The smallest absolute Gasteiger partial charge is 0.264 e. The van der Waals surface area contributed by atoms with E-state index in [1.165, 1.54) is 36.4 Å². The third kappa shape index (κ3) is 6.96. The van der Waals surface area contributed by atoms with Gasteiger partial charge in [0, 0.05) is 5.69 Å². The minimum absolute atomic E-state index is 0.0247. The topological polar surface area (TPSA) is 113 Å². The van der Waals surface area contributed by atoms with Gasteiger partial charge in [-0.25, -0.2) is 16.8 Å². The molecule has 4 aromatic rings. The van der Waals surface area contributed by atoms with Crippen molar-refractivity contribution in [2.45, 2.75) is 43.4 Å². The second-order valence-electron chi connectivity index (χ2n) is 10.0. The molecule has 10 heteroatoms. The SMILES string of the molecule is Cc1cccc(C)c1NS(=O)(=O)c1ccc(NC(=O)CN(c2ccc(C(C)C)cc2)S(=O)(=O)c2ccccc2)cc1. The van der Waals surface area contributed by atoms with Crippen molar-refractivity contribution >= 4 is 43.0 Å². The minimum Gasteiger partial charge on any atom is -0.325 e. The number of nitrogens with one attached hydrogen (secondary N) is 2. The standard InChI is InChI=1S/C31H33N3O5S2/c1-22(2)25-13-17-27(18-14-25)34(41(38,39)29-11-6-5-7-12-29)21-30(35)32-26-15-19-28(20-16-26)40(36,37)33-31-23(3)9-8-10-24(31)4/h5-20,22,33H,21H2,1-4H3,(H,32,35). The van der Waals surface area contributed by atoms with Gasteiger partial charge in [-0.05, 0) is 85.0 Å². The number of rotatable bonds is 10. The maximum atomic E-state index is 13.6. The van der Waals surface area contributed by atoms with Crippen molar-refractivity contribution in [2.75, 3.05) is 20.9 Å². The van der Waals surface area contributed by atoms with Crippen LogP contribution in [-0.2, 0) is 24.8 Å². The predicted octanol–water partition coefficient (Wildman–Crippen LogP) is 6.06.